The van der Waals surface area contributed by atoms with Gasteiger partial charge in [0.05, 0.1) is 6.54 Å². The van der Waals surface area contributed by atoms with Gasteiger partial charge in [-0.15, -0.1) is 0 Å². The Morgan fingerprint density at radius 3 is 1.85 bits per heavy atom. The van der Waals surface area contributed by atoms with E-state index in [2.05, 4.69) is 75.4 Å². The summed E-state index contributed by atoms with van der Waals surface area (Å²) in [5.74, 6) is -5.94. The van der Waals surface area contributed by atoms with Gasteiger partial charge >= 0.3 is 23.9 Å². The first-order chi connectivity index (χ1) is 19.0. The lowest BCUT2D eigenvalue weighted by molar-refractivity contribution is -0.159. The third-order valence-electron chi connectivity index (χ3n) is 5.44. The zero-order valence-corrected chi connectivity index (χ0v) is 21.7. The second-order valence-electron chi connectivity index (χ2n) is 8.49. The molecule has 0 unspecified atom stereocenters. The topological polar surface area (TPSA) is 195 Å². The average molecular weight is 555 g/mol. The Kier molecular flexibility index (Phi) is 12.7. The molecule has 4 rings (SSSR count). The number of rotatable bonds is 6. The number of carboxylic acids is 4. The molecular weight excluding hydrogens is 524 g/mol. The molecular formula is C27H30N4O9. The third kappa shape index (κ3) is 11.7. The summed E-state index contributed by atoms with van der Waals surface area (Å²) in [6.07, 6.45) is 4.44. The maximum Gasteiger partial charge on any atom is 0.414 e. The van der Waals surface area contributed by atoms with Crippen molar-refractivity contribution in [3.05, 3.63) is 77.7 Å². The molecule has 1 aromatic heterocycles. The van der Waals surface area contributed by atoms with E-state index in [-0.39, 0.29) is 0 Å². The van der Waals surface area contributed by atoms with E-state index in [9.17, 15) is 0 Å². The number of aromatic nitrogens is 2. The van der Waals surface area contributed by atoms with Crippen LogP contribution in [0.2, 0.25) is 0 Å². The van der Waals surface area contributed by atoms with Crippen LogP contribution >= 0.6 is 0 Å². The molecule has 3 aromatic rings. The minimum atomic E-state index is -1.82. The van der Waals surface area contributed by atoms with Crippen molar-refractivity contribution < 1.29 is 44.1 Å². The molecule has 1 aliphatic rings. The summed E-state index contributed by atoms with van der Waals surface area (Å²) < 4.78 is 5.47. The summed E-state index contributed by atoms with van der Waals surface area (Å²) in [5, 5.41) is 33.7. The molecule has 0 radical (unpaired) electrons. The predicted molar refractivity (Wildman–Crippen MR) is 142 cm³/mol. The highest BCUT2D eigenvalue weighted by Crippen LogP contribution is 2.17. The molecule has 0 aliphatic carbocycles. The minimum absolute atomic E-state index is 0.666. The fourth-order valence-electron chi connectivity index (χ4n) is 3.36. The molecule has 40 heavy (non-hydrogen) atoms. The Balaban J connectivity index is 0.000000393. The van der Waals surface area contributed by atoms with Crippen LogP contribution in [0.25, 0.3) is 17.5 Å². The number of piperazine rings is 1. The normalized spacial score (nSPS) is 13.4. The van der Waals surface area contributed by atoms with Crippen molar-refractivity contribution in [1.29, 1.82) is 0 Å². The number of benzene rings is 2. The number of aryl methyl sites for hydroxylation is 1. The number of hydrogen-bond acceptors (Lipinski definition) is 9. The van der Waals surface area contributed by atoms with Crippen LogP contribution in [0.1, 0.15) is 17.0 Å². The van der Waals surface area contributed by atoms with Gasteiger partial charge in [0.15, 0.2) is 0 Å². The highest BCUT2D eigenvalue weighted by atomic mass is 16.5. The zero-order chi connectivity index (χ0) is 29.5. The summed E-state index contributed by atoms with van der Waals surface area (Å²) in [6.45, 7) is 7.91. The molecule has 0 spiro atoms. The molecule has 4 N–H and O–H groups in total. The quantitative estimate of drug-likeness (QED) is 0.324. The molecule has 0 amide bonds. The van der Waals surface area contributed by atoms with Gasteiger partial charge in [-0.05, 0) is 12.5 Å². The van der Waals surface area contributed by atoms with Crippen LogP contribution in [0.3, 0.4) is 0 Å². The molecule has 2 heterocycles. The van der Waals surface area contributed by atoms with Crippen molar-refractivity contribution in [2.45, 2.75) is 13.5 Å². The smallest absolute Gasteiger partial charge is 0.414 e. The van der Waals surface area contributed by atoms with Crippen molar-refractivity contribution in [2.24, 2.45) is 0 Å². The van der Waals surface area contributed by atoms with Crippen LogP contribution in [0.5, 0.6) is 0 Å². The van der Waals surface area contributed by atoms with Gasteiger partial charge in [-0.3, -0.25) is 9.80 Å². The zero-order valence-electron chi connectivity index (χ0n) is 21.7. The third-order valence-corrected chi connectivity index (χ3v) is 5.44. The fraction of sp³-hybridized carbons (Fsp3) is 0.259. The molecule has 13 nitrogen and oxygen atoms in total. The van der Waals surface area contributed by atoms with Gasteiger partial charge in [0.1, 0.15) is 0 Å². The summed E-state index contributed by atoms with van der Waals surface area (Å²) in [5.41, 5.74) is 3.47. The second kappa shape index (κ2) is 16.2. The highest BCUT2D eigenvalue weighted by molar-refractivity contribution is 6.27. The van der Waals surface area contributed by atoms with Crippen molar-refractivity contribution in [1.82, 2.24) is 19.9 Å². The Labute approximate surface area is 229 Å². The number of nitrogens with zero attached hydrogens (tertiary/aromatic N) is 4. The molecule has 212 valence electrons. The summed E-state index contributed by atoms with van der Waals surface area (Å²) in [6, 6.07) is 18.6. The van der Waals surface area contributed by atoms with Crippen LogP contribution in [-0.4, -0.2) is 97.0 Å². The second-order valence-corrected chi connectivity index (χ2v) is 8.49. The molecule has 2 aromatic carbocycles. The molecule has 1 aliphatic heterocycles. The maximum absolute atomic E-state index is 9.10. The maximum atomic E-state index is 9.10. The van der Waals surface area contributed by atoms with E-state index < -0.39 is 23.9 Å². The van der Waals surface area contributed by atoms with Crippen molar-refractivity contribution in [2.75, 3.05) is 32.7 Å². The van der Waals surface area contributed by atoms with Gasteiger partial charge in [0, 0.05) is 38.3 Å². The SMILES string of the molecule is Cc1ccc(-c2noc(CN3CCN(C/C=C/c4ccccc4)CC3)n2)cc1.O=C(O)C(=O)O.O=C(O)C(=O)O. The van der Waals surface area contributed by atoms with Crippen molar-refractivity contribution in [3.8, 4) is 11.4 Å². The van der Waals surface area contributed by atoms with E-state index in [1.54, 1.807) is 0 Å². The minimum Gasteiger partial charge on any atom is -0.473 e. The lowest BCUT2D eigenvalue weighted by atomic mass is 10.1. The van der Waals surface area contributed by atoms with Crippen LogP contribution < -0.4 is 0 Å². The molecule has 1 fully saturated rings. The summed E-state index contributed by atoms with van der Waals surface area (Å²) in [7, 11) is 0. The van der Waals surface area contributed by atoms with Crippen LogP contribution in [0, 0.1) is 6.92 Å². The van der Waals surface area contributed by atoms with Gasteiger partial charge in [-0.1, -0.05) is 77.5 Å². The van der Waals surface area contributed by atoms with E-state index in [0.29, 0.717) is 18.3 Å². The van der Waals surface area contributed by atoms with Crippen LogP contribution in [0.15, 0.2) is 65.2 Å². The Bertz CT molecular complexity index is 1230. The van der Waals surface area contributed by atoms with E-state index in [1.165, 1.54) is 11.1 Å². The molecule has 1 saturated heterocycles. The number of carbonyl (C=O) groups is 4. The van der Waals surface area contributed by atoms with E-state index in [0.717, 1.165) is 38.3 Å². The van der Waals surface area contributed by atoms with Gasteiger partial charge in [0.2, 0.25) is 11.7 Å². The predicted octanol–water partition coefficient (Wildman–Crippen LogP) is 2.19. The van der Waals surface area contributed by atoms with Crippen LogP contribution in [0.4, 0.5) is 0 Å². The number of aliphatic carboxylic acids is 4. The number of hydrogen-bond donors (Lipinski definition) is 4. The molecule has 0 atom stereocenters. The van der Waals surface area contributed by atoms with E-state index in [1.807, 2.05) is 18.2 Å². The lowest BCUT2D eigenvalue weighted by Crippen LogP contribution is -2.45. The monoisotopic (exact) mass is 554 g/mol. The van der Waals surface area contributed by atoms with E-state index >= 15 is 0 Å². The Morgan fingerprint density at radius 1 is 0.800 bits per heavy atom. The largest absolute Gasteiger partial charge is 0.473 e. The van der Waals surface area contributed by atoms with Gasteiger partial charge < -0.3 is 24.9 Å². The van der Waals surface area contributed by atoms with Crippen LogP contribution in [-0.2, 0) is 25.7 Å². The van der Waals surface area contributed by atoms with Gasteiger partial charge in [0.25, 0.3) is 0 Å². The summed E-state index contributed by atoms with van der Waals surface area (Å²) in [4.78, 5) is 45.8. The van der Waals surface area contributed by atoms with Gasteiger partial charge in [-0.2, -0.15) is 4.98 Å². The first-order valence-corrected chi connectivity index (χ1v) is 12.0. The standard InChI is InChI=1S/C23H26N4O.2C2H2O4/c1-19-9-11-21(12-10-19)23-24-22(28-25-23)18-27-16-14-26(15-17-27)13-5-8-20-6-3-2-4-7-20;2*3-1(4)2(5)6/h2-12H,13-18H2,1H3;2*(H,3,4)(H,5,6)/b8-5+;;. The first kappa shape index (κ1) is 31.3. The molecule has 13 heteroatoms. The van der Waals surface area contributed by atoms with E-state index in [4.69, 9.17) is 44.1 Å². The first-order valence-electron chi connectivity index (χ1n) is 12.0. The van der Waals surface area contributed by atoms with Crippen molar-refractivity contribution >= 4 is 30.0 Å². The average Bonchev–Trinajstić information content (AvgIpc) is 3.40. The lowest BCUT2D eigenvalue weighted by Gasteiger charge is -2.33. The summed E-state index contributed by atoms with van der Waals surface area (Å²) >= 11 is 0. The Morgan fingerprint density at radius 2 is 1.32 bits per heavy atom. The Hall–Kier alpha value is -4.88. The van der Waals surface area contributed by atoms with Gasteiger partial charge in [-0.25, -0.2) is 19.2 Å². The number of carboxylic acid groups (broad SMARTS) is 4. The molecule has 0 saturated carbocycles. The van der Waals surface area contributed by atoms with Crippen molar-refractivity contribution in [3.63, 3.8) is 0 Å². The molecule has 0 bridgehead atoms. The highest BCUT2D eigenvalue weighted by Gasteiger charge is 2.19. The fourth-order valence-corrected chi connectivity index (χ4v) is 3.36.